The monoisotopic (exact) mass is 1980 g/mol. The summed E-state index contributed by atoms with van der Waals surface area (Å²) in [4.78, 5) is 15.3. The second kappa shape index (κ2) is 37.3. The Kier molecular flexibility index (Phi) is 22.6. The first kappa shape index (κ1) is 88.4. The molecule has 0 spiro atoms. The largest absolute Gasteiger partial charge is 0.492 e. The lowest BCUT2D eigenvalue weighted by Crippen LogP contribution is -2.30. The normalized spacial score (nSPS) is 11.7. The van der Waals surface area contributed by atoms with Crippen LogP contribution in [0, 0.1) is 0 Å². The van der Waals surface area contributed by atoms with Crippen molar-refractivity contribution in [3.8, 4) is 90.0 Å². The Labute approximate surface area is 856 Å². The zero-order valence-corrected chi connectivity index (χ0v) is 81.4. The van der Waals surface area contributed by atoms with Gasteiger partial charge >= 0.3 is 7.12 Å². The predicted molar refractivity (Wildman–Crippen MR) is 608 cm³/mol. The second-order valence-electron chi connectivity index (χ2n) is 36.5. The number of imidazole rings is 3. The summed E-state index contributed by atoms with van der Waals surface area (Å²) in [6.45, 7) is 0. The van der Waals surface area contributed by atoms with Crippen LogP contribution >= 0.6 is 39.1 Å². The molecular formula is C130H83BBrCl2N7O5. The van der Waals surface area contributed by atoms with E-state index in [2.05, 4.69) is 429 Å². The van der Waals surface area contributed by atoms with Crippen molar-refractivity contribution in [2.75, 3.05) is 0 Å². The molecule has 692 valence electrons. The third kappa shape index (κ3) is 15.6. The lowest BCUT2D eigenvalue weighted by atomic mass is 9.79. The van der Waals surface area contributed by atoms with Crippen LogP contribution in [0.2, 0.25) is 10.0 Å². The van der Waals surface area contributed by atoms with Gasteiger partial charge in [0.25, 0.3) is 0 Å². The van der Waals surface area contributed by atoms with Crippen molar-refractivity contribution >= 4 is 205 Å². The van der Waals surface area contributed by atoms with E-state index in [1.807, 2.05) is 72.8 Å². The summed E-state index contributed by atoms with van der Waals surface area (Å²) in [6, 6.07) is 166. The van der Waals surface area contributed by atoms with Crippen molar-refractivity contribution in [2.45, 2.75) is 6.42 Å². The number of nitrogens with zero attached hydrogens (tertiary/aromatic N) is 7. The summed E-state index contributed by atoms with van der Waals surface area (Å²) < 4.78 is 28.9. The van der Waals surface area contributed by atoms with E-state index in [0.717, 1.165) is 161 Å². The molecule has 1 aliphatic carbocycles. The van der Waals surface area contributed by atoms with E-state index < -0.39 is 7.12 Å². The van der Waals surface area contributed by atoms with Crippen LogP contribution in [-0.2, 0) is 6.42 Å². The fourth-order valence-electron chi connectivity index (χ4n) is 21.3. The smallest absolute Gasteiger partial charge is 0.456 e. The average Bonchev–Trinajstić information content (AvgIpc) is 1.56. The molecule has 16 heteroatoms. The highest BCUT2D eigenvalue weighted by Gasteiger charge is 2.29. The minimum atomic E-state index is -1.57. The Balaban J connectivity index is 0.000000100. The highest BCUT2D eigenvalue weighted by atomic mass is 79.9. The number of benzene rings is 22. The Morgan fingerprint density at radius 2 is 0.575 bits per heavy atom. The molecule has 0 fully saturated rings. The van der Waals surface area contributed by atoms with E-state index in [0.29, 0.717) is 32.1 Å². The SMILES string of the molecule is Brc1nc2ccc3ccccc3c2n1-c1ccc(-c2ccccc2)cc1.Clc1ccc(-c2nc3ccc4ccccc4c3n2-c2ccc(-c3ccccc3)cc2)c2oc3ccccc3c12.OB(O)c1ccc(Cl)c2c1oc1ccccc12.c1ccc(-c2ccc(-n3c(-c4ccc(-n5c6ccccc6c6ccccc65)c5c4oc4ccccc45)nc4ccc5ccccc5c43)cc2)cc1.c1ccc2c(c1)Cc1ccccc1-2. The van der Waals surface area contributed by atoms with Gasteiger partial charge in [0.15, 0.2) is 4.73 Å². The molecule has 29 aromatic rings. The van der Waals surface area contributed by atoms with E-state index in [-0.39, 0.29) is 0 Å². The summed E-state index contributed by atoms with van der Waals surface area (Å²) in [5.41, 5.74) is 32.1. The molecule has 0 saturated heterocycles. The van der Waals surface area contributed by atoms with Crippen LogP contribution in [0.4, 0.5) is 0 Å². The first-order chi connectivity index (χ1) is 72.0. The fourth-order valence-corrected chi connectivity index (χ4v) is 22.4. The van der Waals surface area contributed by atoms with E-state index >= 15 is 0 Å². The first-order valence-corrected chi connectivity index (χ1v) is 50.1. The van der Waals surface area contributed by atoms with Crippen LogP contribution in [0.1, 0.15) is 11.1 Å². The Bertz CT molecular complexity index is 10000. The lowest BCUT2D eigenvalue weighted by Gasteiger charge is -2.14. The second-order valence-corrected chi connectivity index (χ2v) is 38.0. The topological polar surface area (TPSA) is 138 Å². The lowest BCUT2D eigenvalue weighted by molar-refractivity contribution is 0.425. The quantitative estimate of drug-likeness (QED) is 0.129. The van der Waals surface area contributed by atoms with Crippen LogP contribution in [0.5, 0.6) is 0 Å². The van der Waals surface area contributed by atoms with Gasteiger partial charge in [-0.2, -0.15) is 0 Å². The van der Waals surface area contributed by atoms with E-state index in [9.17, 15) is 10.0 Å². The van der Waals surface area contributed by atoms with Crippen molar-refractivity contribution in [3.05, 3.63) is 505 Å². The van der Waals surface area contributed by atoms with Gasteiger partial charge in [0.1, 0.15) is 45.1 Å². The molecule has 12 nitrogen and oxygen atoms in total. The number of rotatable bonds is 10. The number of hydrogen-bond acceptors (Lipinski definition) is 8. The summed E-state index contributed by atoms with van der Waals surface area (Å²) >= 11 is 16.5. The van der Waals surface area contributed by atoms with E-state index in [1.54, 1.807) is 12.1 Å². The summed E-state index contributed by atoms with van der Waals surface area (Å²) in [7, 11) is -1.57. The molecule has 7 aromatic heterocycles. The molecule has 22 aromatic carbocycles. The maximum Gasteiger partial charge on any atom is 0.492 e. The number of halogens is 3. The van der Waals surface area contributed by atoms with Gasteiger partial charge in [-0.25, -0.2) is 15.0 Å². The molecular weight excluding hydrogens is 1900 g/mol. The molecule has 0 unspecified atom stereocenters. The predicted octanol–water partition coefficient (Wildman–Crippen LogP) is 34.4. The highest BCUT2D eigenvalue weighted by Crippen LogP contribution is 2.48. The molecule has 30 rings (SSSR count). The van der Waals surface area contributed by atoms with Gasteiger partial charge in [-0.3, -0.25) is 13.7 Å². The van der Waals surface area contributed by atoms with Gasteiger partial charge in [0.2, 0.25) is 0 Å². The molecule has 0 bridgehead atoms. The van der Waals surface area contributed by atoms with E-state index in [1.165, 1.54) is 88.0 Å². The zero-order valence-electron chi connectivity index (χ0n) is 78.3. The van der Waals surface area contributed by atoms with Crippen molar-refractivity contribution < 1.29 is 23.3 Å². The molecule has 0 aliphatic heterocycles. The molecule has 0 atom stereocenters. The minimum Gasteiger partial charge on any atom is -0.456 e. The molecule has 7 heterocycles. The number of aromatic nitrogens is 7. The van der Waals surface area contributed by atoms with Gasteiger partial charge in [-0.05, 0) is 209 Å². The third-order valence-corrected chi connectivity index (χ3v) is 29.2. The highest BCUT2D eigenvalue weighted by molar-refractivity contribution is 9.10. The van der Waals surface area contributed by atoms with Gasteiger partial charge in [0, 0.05) is 76.4 Å². The molecule has 0 saturated carbocycles. The average molecular weight is 1980 g/mol. The summed E-state index contributed by atoms with van der Waals surface area (Å²) in [5.74, 6) is 1.65. The van der Waals surface area contributed by atoms with Gasteiger partial charge in [-0.15, -0.1) is 0 Å². The minimum absolute atomic E-state index is 0.320. The number of furan rings is 3. The van der Waals surface area contributed by atoms with Gasteiger partial charge in [-0.1, -0.05) is 387 Å². The molecule has 1 aliphatic rings. The van der Waals surface area contributed by atoms with Crippen LogP contribution in [0.3, 0.4) is 0 Å². The maximum atomic E-state index is 9.29. The maximum absolute atomic E-state index is 9.29. The Hall–Kier alpha value is -17.7. The first-order valence-electron chi connectivity index (χ1n) is 48.5. The van der Waals surface area contributed by atoms with Crippen LogP contribution in [0.15, 0.2) is 497 Å². The Morgan fingerprint density at radius 1 is 0.253 bits per heavy atom. The zero-order chi connectivity index (χ0) is 97.6. The van der Waals surface area contributed by atoms with Crippen LogP contribution in [-0.4, -0.2) is 50.4 Å². The molecule has 0 amide bonds. The molecule has 146 heavy (non-hydrogen) atoms. The number of hydrogen-bond donors (Lipinski definition) is 2. The van der Waals surface area contributed by atoms with Crippen molar-refractivity contribution in [1.29, 1.82) is 0 Å². The fraction of sp³-hybridized carbons (Fsp3) is 0.00769. The van der Waals surface area contributed by atoms with E-state index in [4.69, 9.17) is 51.4 Å². The standard InChI is InChI=1S/C47H29N3O.C35H21ClN2O.C23H15BrN2.C13H10.C12H8BClO3/c1-2-12-30(13-3-1)31-22-25-33(26-23-31)49-45-34-15-5-4-14-32(34)24-28-39(45)48-47(49)38-27-29-42(44-37-18-8-11-21-43(37)51-46(38)44)50-40-19-9-6-16-35(40)36-17-7-10-20-41(36)50;36-29-20-19-28(34-32(29)27-12-6-7-13-31(27)39-34)35-37-30-21-16-24-10-4-5-11-26(24)33(30)38(35)25-17-14-23(15-18-25)22-8-2-1-3-9-22;24-23-25-21-15-12-18-8-4-5-9-20(18)22(21)26(23)19-13-10-17(11-14-19)16-6-2-1-3-7-16;1-3-7-12-10(5-1)9-11-6-2-4-8-13(11)12;14-9-6-5-8(13(15)16)12-11(9)7-3-1-2-4-10(7)17-12/h1-29H;1-21H;1-15H;1-8H,9H2;1-6,15-16H. The summed E-state index contributed by atoms with van der Waals surface area (Å²) in [5, 5.41) is 34.9. The summed E-state index contributed by atoms with van der Waals surface area (Å²) in [6.07, 6.45) is 1.10. The van der Waals surface area contributed by atoms with Crippen LogP contribution < -0.4 is 5.46 Å². The number of fused-ring (bicyclic) bond motifs is 24. The Morgan fingerprint density at radius 3 is 1.01 bits per heavy atom. The van der Waals surface area contributed by atoms with Gasteiger partial charge in [0.05, 0.1) is 76.4 Å². The third-order valence-electron chi connectivity index (χ3n) is 28.1. The van der Waals surface area contributed by atoms with Crippen LogP contribution in [0.25, 0.3) is 243 Å². The molecule has 0 radical (unpaired) electrons. The number of para-hydroxylation sites is 5. The van der Waals surface area contributed by atoms with Crippen molar-refractivity contribution in [2.24, 2.45) is 0 Å². The van der Waals surface area contributed by atoms with Gasteiger partial charge < -0.3 is 27.9 Å². The van der Waals surface area contributed by atoms with Crippen molar-refractivity contribution in [3.63, 3.8) is 0 Å². The van der Waals surface area contributed by atoms with Crippen molar-refractivity contribution in [1.82, 2.24) is 33.2 Å². The molecule has 2 N–H and O–H groups in total.